The Balaban J connectivity index is 1.61. The zero-order valence-corrected chi connectivity index (χ0v) is 17.4. The normalized spacial score (nSPS) is 14.6. The van der Waals surface area contributed by atoms with Gasteiger partial charge < -0.3 is 9.47 Å². The molecule has 0 unspecified atom stereocenters. The van der Waals surface area contributed by atoms with Gasteiger partial charge in [-0.05, 0) is 42.3 Å². The second-order valence-corrected chi connectivity index (χ2v) is 7.89. The lowest BCUT2D eigenvalue weighted by atomic mass is 10.0. The summed E-state index contributed by atoms with van der Waals surface area (Å²) in [5.74, 6) is -0.189. The Bertz CT molecular complexity index is 1320. The SMILES string of the molecule is CCCN1C(=O)/C(=C\c2cn(Cc3cccc(F)c3)c3ccccc23)c2ccccc21. The predicted octanol–water partition coefficient (Wildman–Crippen LogP) is 6.13. The van der Waals surface area contributed by atoms with E-state index in [2.05, 4.69) is 29.8 Å². The molecule has 0 atom stereocenters. The Hall–Kier alpha value is -3.66. The van der Waals surface area contributed by atoms with Gasteiger partial charge in [-0.1, -0.05) is 55.5 Å². The van der Waals surface area contributed by atoms with Crippen LogP contribution in [-0.4, -0.2) is 17.0 Å². The summed E-state index contributed by atoms with van der Waals surface area (Å²) in [4.78, 5) is 15.1. The lowest BCUT2D eigenvalue weighted by Gasteiger charge is -2.15. The van der Waals surface area contributed by atoms with E-state index in [-0.39, 0.29) is 11.7 Å². The van der Waals surface area contributed by atoms with E-state index in [4.69, 9.17) is 0 Å². The highest BCUT2D eigenvalue weighted by atomic mass is 19.1. The fourth-order valence-electron chi connectivity index (χ4n) is 4.40. The minimum Gasteiger partial charge on any atom is -0.342 e. The number of carbonyl (C=O) groups is 1. The predicted molar refractivity (Wildman–Crippen MR) is 124 cm³/mol. The molecule has 31 heavy (non-hydrogen) atoms. The van der Waals surface area contributed by atoms with Crippen LogP contribution >= 0.6 is 0 Å². The van der Waals surface area contributed by atoms with E-state index in [1.54, 1.807) is 12.1 Å². The fraction of sp³-hybridized carbons (Fsp3) is 0.148. The Morgan fingerprint density at radius 3 is 2.61 bits per heavy atom. The molecule has 1 aromatic heterocycles. The van der Waals surface area contributed by atoms with Crippen molar-refractivity contribution in [1.29, 1.82) is 0 Å². The van der Waals surface area contributed by atoms with Crippen LogP contribution in [0.4, 0.5) is 10.1 Å². The first kappa shape index (κ1) is 19.3. The summed E-state index contributed by atoms with van der Waals surface area (Å²) in [6.07, 6.45) is 4.96. The fourth-order valence-corrected chi connectivity index (χ4v) is 4.40. The highest BCUT2D eigenvalue weighted by Gasteiger charge is 2.31. The molecule has 0 saturated carbocycles. The van der Waals surface area contributed by atoms with Crippen molar-refractivity contribution >= 4 is 34.1 Å². The van der Waals surface area contributed by atoms with Crippen molar-refractivity contribution in [3.05, 3.63) is 102 Å². The molecule has 3 nitrogen and oxygen atoms in total. The number of rotatable bonds is 5. The summed E-state index contributed by atoms with van der Waals surface area (Å²) in [5.41, 5.74) is 5.62. The molecular formula is C27H23FN2O. The van der Waals surface area contributed by atoms with Crippen molar-refractivity contribution < 1.29 is 9.18 Å². The minimum absolute atomic E-state index is 0.0463. The maximum atomic E-state index is 13.7. The number of amides is 1. The Morgan fingerprint density at radius 1 is 0.968 bits per heavy atom. The van der Waals surface area contributed by atoms with Gasteiger partial charge in [0, 0.05) is 46.9 Å². The average molecular weight is 410 g/mol. The number of nitrogens with zero attached hydrogens (tertiary/aromatic N) is 2. The standard InChI is InChI=1S/C27H23FN2O/c1-2-14-30-26-13-6-4-11-23(26)24(27(30)31)16-20-18-29(25-12-5-3-10-22(20)25)17-19-8-7-9-21(28)15-19/h3-13,15-16,18H,2,14,17H2,1H3/b24-16-. The van der Waals surface area contributed by atoms with Gasteiger partial charge in [-0.25, -0.2) is 4.39 Å². The number of aromatic nitrogens is 1. The topological polar surface area (TPSA) is 25.2 Å². The lowest BCUT2D eigenvalue weighted by molar-refractivity contribution is -0.113. The highest BCUT2D eigenvalue weighted by Crippen LogP contribution is 2.38. The zero-order valence-electron chi connectivity index (χ0n) is 17.4. The summed E-state index contributed by atoms with van der Waals surface area (Å²) in [6.45, 7) is 3.35. The first-order valence-corrected chi connectivity index (χ1v) is 10.6. The molecule has 154 valence electrons. The van der Waals surface area contributed by atoms with Gasteiger partial charge in [0.1, 0.15) is 5.82 Å². The van der Waals surface area contributed by atoms with Gasteiger partial charge in [-0.3, -0.25) is 4.79 Å². The van der Waals surface area contributed by atoms with E-state index in [0.29, 0.717) is 13.1 Å². The molecule has 0 N–H and O–H groups in total. The number of fused-ring (bicyclic) bond motifs is 2. The minimum atomic E-state index is -0.236. The molecule has 1 amide bonds. The Morgan fingerprint density at radius 2 is 1.77 bits per heavy atom. The van der Waals surface area contributed by atoms with Gasteiger partial charge in [-0.15, -0.1) is 0 Å². The molecule has 0 fully saturated rings. The molecule has 0 bridgehead atoms. The quantitative estimate of drug-likeness (QED) is 0.364. The molecule has 0 spiro atoms. The monoisotopic (exact) mass is 410 g/mol. The van der Waals surface area contributed by atoms with E-state index in [9.17, 15) is 9.18 Å². The van der Waals surface area contributed by atoms with Gasteiger partial charge in [0.25, 0.3) is 5.91 Å². The molecule has 0 aliphatic carbocycles. The van der Waals surface area contributed by atoms with E-state index in [0.717, 1.165) is 45.3 Å². The molecule has 5 rings (SSSR count). The van der Waals surface area contributed by atoms with Crippen molar-refractivity contribution in [2.75, 3.05) is 11.4 Å². The van der Waals surface area contributed by atoms with E-state index < -0.39 is 0 Å². The maximum absolute atomic E-state index is 13.7. The number of para-hydroxylation sites is 2. The number of carbonyl (C=O) groups excluding carboxylic acids is 1. The van der Waals surface area contributed by atoms with Crippen molar-refractivity contribution in [2.24, 2.45) is 0 Å². The van der Waals surface area contributed by atoms with Gasteiger partial charge >= 0.3 is 0 Å². The first-order valence-electron chi connectivity index (χ1n) is 10.6. The highest BCUT2D eigenvalue weighted by molar-refractivity contribution is 6.36. The summed E-state index contributed by atoms with van der Waals surface area (Å²) in [7, 11) is 0. The smallest absolute Gasteiger partial charge is 0.258 e. The number of hydrogen-bond donors (Lipinski definition) is 0. The van der Waals surface area contributed by atoms with Gasteiger partial charge in [0.2, 0.25) is 0 Å². The third-order valence-corrected chi connectivity index (χ3v) is 5.77. The number of benzene rings is 3. The number of anilines is 1. The van der Waals surface area contributed by atoms with Gasteiger partial charge in [0.15, 0.2) is 0 Å². The molecule has 2 heterocycles. The van der Waals surface area contributed by atoms with Crippen LogP contribution in [0, 0.1) is 5.82 Å². The average Bonchev–Trinajstić information content (AvgIpc) is 3.25. The van der Waals surface area contributed by atoms with Gasteiger partial charge in [0.05, 0.1) is 5.69 Å². The molecule has 0 saturated heterocycles. The molecule has 0 radical (unpaired) electrons. The second-order valence-electron chi connectivity index (χ2n) is 7.89. The molecule has 1 aliphatic heterocycles. The van der Waals surface area contributed by atoms with Crippen LogP contribution in [0.5, 0.6) is 0 Å². The van der Waals surface area contributed by atoms with Crippen LogP contribution in [-0.2, 0) is 11.3 Å². The molecule has 3 aromatic carbocycles. The van der Waals surface area contributed by atoms with Crippen molar-refractivity contribution in [2.45, 2.75) is 19.9 Å². The number of hydrogen-bond acceptors (Lipinski definition) is 1. The van der Waals surface area contributed by atoms with Crippen molar-refractivity contribution in [3.63, 3.8) is 0 Å². The molecular weight excluding hydrogens is 387 g/mol. The summed E-state index contributed by atoms with van der Waals surface area (Å²) in [5, 5.41) is 1.07. The summed E-state index contributed by atoms with van der Waals surface area (Å²) >= 11 is 0. The van der Waals surface area contributed by atoms with E-state index in [1.165, 1.54) is 6.07 Å². The molecule has 1 aliphatic rings. The van der Waals surface area contributed by atoms with E-state index in [1.807, 2.05) is 53.4 Å². The van der Waals surface area contributed by atoms with Crippen LogP contribution in [0.1, 0.15) is 30.0 Å². The van der Waals surface area contributed by atoms with Crippen molar-refractivity contribution in [3.8, 4) is 0 Å². The zero-order chi connectivity index (χ0) is 21.4. The van der Waals surface area contributed by atoms with Gasteiger partial charge in [-0.2, -0.15) is 0 Å². The maximum Gasteiger partial charge on any atom is 0.258 e. The third-order valence-electron chi connectivity index (χ3n) is 5.77. The lowest BCUT2D eigenvalue weighted by Crippen LogP contribution is -2.26. The summed E-state index contributed by atoms with van der Waals surface area (Å²) < 4.78 is 15.8. The van der Waals surface area contributed by atoms with Crippen LogP contribution in [0.25, 0.3) is 22.6 Å². The van der Waals surface area contributed by atoms with Crippen molar-refractivity contribution in [1.82, 2.24) is 4.57 Å². The van der Waals surface area contributed by atoms with Crippen LogP contribution in [0.15, 0.2) is 79.0 Å². The first-order chi connectivity index (χ1) is 15.2. The van der Waals surface area contributed by atoms with Crippen LogP contribution < -0.4 is 4.90 Å². The van der Waals surface area contributed by atoms with Crippen LogP contribution in [0.3, 0.4) is 0 Å². The molecule has 4 heteroatoms. The molecule has 4 aromatic rings. The van der Waals surface area contributed by atoms with E-state index >= 15 is 0 Å². The second kappa shape index (κ2) is 7.88. The third kappa shape index (κ3) is 3.44. The Labute approximate surface area is 181 Å². The van der Waals surface area contributed by atoms with Crippen LogP contribution in [0.2, 0.25) is 0 Å². The largest absolute Gasteiger partial charge is 0.342 e. The summed E-state index contributed by atoms with van der Waals surface area (Å²) in [6, 6.07) is 22.8. The Kier molecular flexibility index (Phi) is 4.91. The number of halogens is 1.